The number of aryl methyl sites for hydroxylation is 1. The van der Waals surface area contributed by atoms with Crippen LogP contribution in [0.5, 0.6) is 0 Å². The molecule has 2 aromatic rings. The Morgan fingerprint density at radius 3 is 2.07 bits per heavy atom. The molecular formula is C18H13F6NO3S. The normalized spacial score (nSPS) is 13.2. The lowest BCUT2D eigenvalue weighted by molar-refractivity contribution is 0.0525. The van der Waals surface area contributed by atoms with Crippen molar-refractivity contribution in [1.29, 1.82) is 0 Å². The number of halogens is 6. The molecule has 0 fully saturated rings. The van der Waals surface area contributed by atoms with Gasteiger partial charge < -0.3 is 4.74 Å². The lowest BCUT2D eigenvalue weighted by atomic mass is 9.95. The summed E-state index contributed by atoms with van der Waals surface area (Å²) in [4.78, 5) is 25.2. The van der Waals surface area contributed by atoms with Crippen LogP contribution in [0.1, 0.15) is 50.9 Å². The van der Waals surface area contributed by atoms with E-state index in [0.29, 0.717) is 41.0 Å². The molecule has 0 aliphatic heterocycles. The summed E-state index contributed by atoms with van der Waals surface area (Å²) in [6.45, 7) is 1.45. The molecule has 0 radical (unpaired) electrons. The molecule has 0 N–H and O–H groups in total. The summed E-state index contributed by atoms with van der Waals surface area (Å²) >= 11 is 0.693. The third-order valence-electron chi connectivity index (χ3n) is 4.41. The SMILES string of the molecule is CCOC(=O)c1c(N(F)C(=O)c2c(F)c(F)c(F)c(F)c2F)sc2c1CCCC2. The number of ether oxygens (including phenoxy) is 1. The molecule has 1 aliphatic rings. The minimum atomic E-state index is -2.47. The summed E-state index contributed by atoms with van der Waals surface area (Å²) in [5, 5.41) is -1.39. The smallest absolute Gasteiger partial charge is 0.341 e. The van der Waals surface area contributed by atoms with Crippen LogP contribution in [0.15, 0.2) is 0 Å². The van der Waals surface area contributed by atoms with E-state index >= 15 is 0 Å². The zero-order valence-electron chi connectivity index (χ0n) is 14.9. The second kappa shape index (κ2) is 8.05. The van der Waals surface area contributed by atoms with Crippen LogP contribution >= 0.6 is 11.3 Å². The topological polar surface area (TPSA) is 46.6 Å². The van der Waals surface area contributed by atoms with Crippen LogP contribution < -0.4 is 5.12 Å². The molecule has 0 saturated heterocycles. The number of hydrogen-bond donors (Lipinski definition) is 0. The number of benzene rings is 1. The zero-order valence-corrected chi connectivity index (χ0v) is 15.7. The Morgan fingerprint density at radius 2 is 1.48 bits per heavy atom. The molecule has 11 heteroatoms. The Balaban J connectivity index is 2.12. The van der Waals surface area contributed by atoms with E-state index in [1.807, 2.05) is 0 Å². The Labute approximate surface area is 164 Å². The molecule has 0 atom stereocenters. The first-order valence-corrected chi connectivity index (χ1v) is 9.35. The molecule has 1 aromatic carbocycles. The molecule has 1 amide bonds. The van der Waals surface area contributed by atoms with Crippen LogP contribution in [-0.2, 0) is 17.6 Å². The van der Waals surface area contributed by atoms with Gasteiger partial charge in [0.1, 0.15) is 16.1 Å². The van der Waals surface area contributed by atoms with E-state index in [1.54, 1.807) is 0 Å². The molecule has 0 bridgehead atoms. The number of nitrogens with zero attached hydrogens (tertiary/aromatic N) is 1. The molecule has 0 spiro atoms. The van der Waals surface area contributed by atoms with E-state index in [0.717, 1.165) is 6.42 Å². The number of thiophene rings is 1. The van der Waals surface area contributed by atoms with Gasteiger partial charge in [0.05, 0.1) is 6.61 Å². The van der Waals surface area contributed by atoms with E-state index in [2.05, 4.69) is 0 Å². The van der Waals surface area contributed by atoms with E-state index < -0.39 is 56.6 Å². The second-order valence-electron chi connectivity index (χ2n) is 6.14. The van der Waals surface area contributed by atoms with Gasteiger partial charge in [-0.15, -0.1) is 16.5 Å². The first-order chi connectivity index (χ1) is 13.7. The summed E-state index contributed by atoms with van der Waals surface area (Å²) in [6.07, 6.45) is 2.31. The van der Waals surface area contributed by atoms with Crippen LogP contribution in [0.25, 0.3) is 0 Å². The van der Waals surface area contributed by atoms with Crippen molar-refractivity contribution in [2.75, 3.05) is 11.7 Å². The number of carbonyl (C=O) groups is 2. The van der Waals surface area contributed by atoms with Crippen molar-refractivity contribution >= 4 is 28.2 Å². The van der Waals surface area contributed by atoms with Gasteiger partial charge in [0.25, 0.3) is 5.91 Å². The highest BCUT2D eigenvalue weighted by Crippen LogP contribution is 2.41. The first-order valence-electron chi connectivity index (χ1n) is 8.53. The fourth-order valence-electron chi connectivity index (χ4n) is 3.09. The van der Waals surface area contributed by atoms with Crippen molar-refractivity contribution in [2.24, 2.45) is 0 Å². The Kier molecular flexibility index (Phi) is 5.87. The van der Waals surface area contributed by atoms with Crippen LogP contribution in [-0.4, -0.2) is 18.5 Å². The highest BCUT2D eigenvalue weighted by Gasteiger charge is 2.37. The van der Waals surface area contributed by atoms with E-state index in [-0.39, 0.29) is 12.2 Å². The van der Waals surface area contributed by atoms with E-state index in [4.69, 9.17) is 4.74 Å². The number of esters is 1. The van der Waals surface area contributed by atoms with Gasteiger partial charge in [-0.05, 0) is 38.2 Å². The average molecular weight is 437 g/mol. The molecule has 3 rings (SSSR count). The summed E-state index contributed by atoms with van der Waals surface area (Å²) in [7, 11) is 0. The molecule has 0 unspecified atom stereocenters. The molecule has 1 aromatic heterocycles. The number of fused-ring (bicyclic) bond motifs is 1. The third-order valence-corrected chi connectivity index (χ3v) is 5.67. The first kappa shape index (κ1) is 21.2. The largest absolute Gasteiger partial charge is 0.462 e. The number of rotatable bonds is 4. The number of anilines is 1. The standard InChI is InChI=1S/C18H13F6NO3S/c1-2-28-18(27)9-7-5-3-4-6-8(7)29-17(9)25(24)16(26)10-11(19)13(21)15(23)14(22)12(10)20/h2-6H2,1H3. The van der Waals surface area contributed by atoms with Gasteiger partial charge in [-0.3, -0.25) is 4.79 Å². The molecular weight excluding hydrogens is 424 g/mol. The molecule has 1 aliphatic carbocycles. The predicted octanol–water partition coefficient (Wildman–Crippen LogP) is 5.03. The highest BCUT2D eigenvalue weighted by atomic mass is 32.1. The highest BCUT2D eigenvalue weighted by molar-refractivity contribution is 7.17. The van der Waals surface area contributed by atoms with Crippen molar-refractivity contribution in [2.45, 2.75) is 32.6 Å². The van der Waals surface area contributed by atoms with Crippen molar-refractivity contribution in [3.8, 4) is 0 Å². The van der Waals surface area contributed by atoms with Gasteiger partial charge >= 0.3 is 5.97 Å². The predicted molar refractivity (Wildman–Crippen MR) is 91.1 cm³/mol. The lowest BCUT2D eigenvalue weighted by Crippen LogP contribution is -2.27. The molecule has 29 heavy (non-hydrogen) atoms. The maximum Gasteiger partial charge on any atom is 0.341 e. The van der Waals surface area contributed by atoms with E-state index in [9.17, 15) is 36.0 Å². The molecule has 0 saturated carbocycles. The van der Waals surface area contributed by atoms with Crippen molar-refractivity contribution < 1.29 is 40.8 Å². The Morgan fingerprint density at radius 1 is 0.931 bits per heavy atom. The Bertz CT molecular complexity index is 977. The number of hydrogen-bond acceptors (Lipinski definition) is 4. The quantitative estimate of drug-likeness (QED) is 0.222. The monoisotopic (exact) mass is 437 g/mol. The third kappa shape index (κ3) is 3.47. The van der Waals surface area contributed by atoms with Gasteiger partial charge in [0.2, 0.25) is 5.82 Å². The van der Waals surface area contributed by atoms with Crippen LogP contribution in [0.2, 0.25) is 0 Å². The molecule has 4 nitrogen and oxygen atoms in total. The fraction of sp³-hybridized carbons (Fsp3) is 0.333. The molecule has 156 valence electrons. The zero-order chi connectivity index (χ0) is 21.5. The summed E-state index contributed by atoms with van der Waals surface area (Å²) in [5.41, 5.74) is -1.79. The minimum Gasteiger partial charge on any atom is -0.462 e. The second-order valence-corrected chi connectivity index (χ2v) is 7.23. The minimum absolute atomic E-state index is 0.0548. The van der Waals surface area contributed by atoms with Gasteiger partial charge in [-0.1, -0.05) is 4.48 Å². The van der Waals surface area contributed by atoms with Crippen molar-refractivity contribution in [3.05, 3.63) is 50.7 Å². The maximum atomic E-state index is 14.9. The van der Waals surface area contributed by atoms with Gasteiger partial charge in [-0.25, -0.2) is 26.7 Å². The van der Waals surface area contributed by atoms with Crippen molar-refractivity contribution in [1.82, 2.24) is 0 Å². The molecule has 1 heterocycles. The number of amides is 1. The van der Waals surface area contributed by atoms with E-state index in [1.165, 1.54) is 6.92 Å². The van der Waals surface area contributed by atoms with Crippen LogP contribution in [0.3, 0.4) is 0 Å². The summed E-state index contributed by atoms with van der Waals surface area (Å²) in [5.74, 6) is -15.2. The number of carbonyl (C=O) groups excluding carboxylic acids is 2. The van der Waals surface area contributed by atoms with Crippen molar-refractivity contribution in [3.63, 3.8) is 0 Å². The maximum absolute atomic E-state index is 14.9. The lowest BCUT2D eigenvalue weighted by Gasteiger charge is -2.15. The van der Waals surface area contributed by atoms with Gasteiger partial charge in [0, 0.05) is 4.88 Å². The van der Waals surface area contributed by atoms with Gasteiger partial charge in [0.15, 0.2) is 23.3 Å². The van der Waals surface area contributed by atoms with Gasteiger partial charge in [-0.2, -0.15) is 0 Å². The van der Waals surface area contributed by atoms with Crippen LogP contribution in [0.4, 0.5) is 31.4 Å². The average Bonchev–Trinajstić information content (AvgIpc) is 3.10. The Hall–Kier alpha value is -2.56. The fourth-order valence-corrected chi connectivity index (χ4v) is 4.37. The summed E-state index contributed by atoms with van der Waals surface area (Å²) < 4.78 is 87.6. The van der Waals surface area contributed by atoms with Crippen LogP contribution in [0, 0.1) is 29.1 Å². The summed E-state index contributed by atoms with van der Waals surface area (Å²) in [6, 6.07) is 0.